The van der Waals surface area contributed by atoms with Gasteiger partial charge in [-0.1, -0.05) is 24.3 Å². The second-order valence-electron chi connectivity index (χ2n) is 4.62. The molecule has 0 fully saturated rings. The van der Waals surface area contributed by atoms with Gasteiger partial charge in [0.2, 0.25) is 0 Å². The minimum absolute atomic E-state index is 0.805. The molecule has 4 heteroatoms. The molecule has 0 radical (unpaired) electrons. The van der Waals surface area contributed by atoms with Crippen LogP contribution in [0.2, 0.25) is 0 Å². The number of unbranched alkanes of at least 4 members (excludes halogenated alkanes) is 2. The first-order valence-corrected chi connectivity index (χ1v) is 6.74. The molecule has 0 aliphatic heterocycles. The Labute approximate surface area is 118 Å². The van der Waals surface area contributed by atoms with Crippen molar-refractivity contribution < 1.29 is 9.90 Å². The number of para-hydroxylation sites is 1. The molecule has 2 aromatic rings. The first-order valence-electron chi connectivity index (χ1n) is 6.74. The second kappa shape index (κ2) is 7.28. The molecule has 0 aliphatic carbocycles. The highest BCUT2D eigenvalue weighted by molar-refractivity contribution is 5.79. The van der Waals surface area contributed by atoms with Crippen molar-refractivity contribution in [2.45, 2.75) is 25.7 Å². The van der Waals surface area contributed by atoms with Gasteiger partial charge in [0.1, 0.15) is 0 Å². The maximum Gasteiger partial charge on any atom is 0.327 e. The predicted octanol–water partition coefficient (Wildman–Crippen LogP) is 3.23. The summed E-state index contributed by atoms with van der Waals surface area (Å²) in [7, 11) is 0. The van der Waals surface area contributed by atoms with Gasteiger partial charge in [-0.05, 0) is 43.4 Å². The number of aliphatic carboxylic acids is 1. The molecule has 0 spiro atoms. The highest BCUT2D eigenvalue weighted by Crippen LogP contribution is 2.10. The summed E-state index contributed by atoms with van der Waals surface area (Å²) in [6.07, 6.45) is 10.6. The summed E-state index contributed by atoms with van der Waals surface area (Å²) in [5.74, 6) is -0.880. The highest BCUT2D eigenvalue weighted by atomic mass is 16.4. The zero-order valence-corrected chi connectivity index (χ0v) is 11.3. The van der Waals surface area contributed by atoms with Crippen LogP contribution in [0.25, 0.3) is 5.69 Å². The lowest BCUT2D eigenvalue weighted by atomic mass is 10.1. The summed E-state index contributed by atoms with van der Waals surface area (Å²) >= 11 is 0. The van der Waals surface area contributed by atoms with Crippen molar-refractivity contribution in [3.05, 3.63) is 60.4 Å². The summed E-state index contributed by atoms with van der Waals surface area (Å²) < 4.78 is 1.87. The molecule has 1 N–H and O–H groups in total. The van der Waals surface area contributed by atoms with Gasteiger partial charge in [-0.2, -0.15) is 5.10 Å². The number of rotatable bonds is 7. The average molecular weight is 270 g/mol. The molecule has 1 heterocycles. The molecule has 2 rings (SSSR count). The summed E-state index contributed by atoms with van der Waals surface area (Å²) in [5.41, 5.74) is 2.26. The van der Waals surface area contributed by atoms with E-state index in [4.69, 9.17) is 5.11 Å². The molecular weight excluding hydrogens is 252 g/mol. The number of hydrogen-bond donors (Lipinski definition) is 1. The van der Waals surface area contributed by atoms with E-state index in [0.29, 0.717) is 0 Å². The lowest BCUT2D eigenvalue weighted by Gasteiger charge is -1.99. The van der Waals surface area contributed by atoms with Crippen molar-refractivity contribution in [3.8, 4) is 5.69 Å². The molecule has 0 aliphatic rings. The zero-order valence-electron chi connectivity index (χ0n) is 11.3. The maximum absolute atomic E-state index is 10.3. The van der Waals surface area contributed by atoms with Gasteiger partial charge in [-0.3, -0.25) is 0 Å². The smallest absolute Gasteiger partial charge is 0.327 e. The minimum Gasteiger partial charge on any atom is -0.478 e. The normalized spacial score (nSPS) is 11.0. The number of aromatic nitrogens is 2. The fourth-order valence-electron chi connectivity index (χ4n) is 1.99. The number of carboxylic acids is 1. The number of nitrogens with zero attached hydrogens (tertiary/aromatic N) is 2. The second-order valence-corrected chi connectivity index (χ2v) is 4.62. The summed E-state index contributed by atoms with van der Waals surface area (Å²) in [6.45, 7) is 0. The van der Waals surface area contributed by atoms with Gasteiger partial charge >= 0.3 is 5.97 Å². The van der Waals surface area contributed by atoms with Gasteiger partial charge in [0, 0.05) is 12.3 Å². The van der Waals surface area contributed by atoms with E-state index in [1.54, 1.807) is 6.08 Å². The number of benzene rings is 1. The molecule has 0 atom stereocenters. The number of carboxylic acid groups (broad SMARTS) is 1. The molecular formula is C16H18N2O2. The number of hydrogen-bond acceptors (Lipinski definition) is 2. The lowest BCUT2D eigenvalue weighted by Crippen LogP contribution is -1.92. The number of allylic oxidation sites excluding steroid dienone is 1. The summed E-state index contributed by atoms with van der Waals surface area (Å²) in [5, 5.41) is 12.8. The largest absolute Gasteiger partial charge is 0.478 e. The third-order valence-electron chi connectivity index (χ3n) is 3.00. The Morgan fingerprint density at radius 1 is 1.25 bits per heavy atom. The van der Waals surface area contributed by atoms with E-state index >= 15 is 0 Å². The van der Waals surface area contributed by atoms with Gasteiger partial charge in [-0.15, -0.1) is 0 Å². The van der Waals surface area contributed by atoms with Crippen LogP contribution in [-0.4, -0.2) is 20.9 Å². The first kappa shape index (κ1) is 14.1. The zero-order chi connectivity index (χ0) is 14.2. The van der Waals surface area contributed by atoms with E-state index in [1.807, 2.05) is 47.4 Å². The van der Waals surface area contributed by atoms with Gasteiger partial charge in [0.25, 0.3) is 0 Å². The Morgan fingerprint density at radius 3 is 2.80 bits per heavy atom. The van der Waals surface area contributed by atoms with Gasteiger partial charge in [-0.25, -0.2) is 9.48 Å². The van der Waals surface area contributed by atoms with Crippen LogP contribution < -0.4 is 0 Å². The van der Waals surface area contributed by atoms with E-state index in [1.165, 1.54) is 11.6 Å². The van der Waals surface area contributed by atoms with Gasteiger partial charge in [0.15, 0.2) is 0 Å². The lowest BCUT2D eigenvalue weighted by molar-refractivity contribution is -0.131. The Morgan fingerprint density at radius 2 is 2.05 bits per heavy atom. The Kier molecular flexibility index (Phi) is 5.12. The van der Waals surface area contributed by atoms with Gasteiger partial charge in [0.05, 0.1) is 11.9 Å². The molecule has 0 saturated carbocycles. The van der Waals surface area contributed by atoms with Crippen LogP contribution in [0.3, 0.4) is 0 Å². The fraction of sp³-hybridized carbons (Fsp3) is 0.250. The van der Waals surface area contributed by atoms with Crippen molar-refractivity contribution in [3.63, 3.8) is 0 Å². The standard InChI is InChI=1S/C16H18N2O2/c19-16(20)11-7-2-1-4-8-14-12-17-18(13-14)15-9-5-3-6-10-15/h3,5-7,9-13H,1-2,4,8H2,(H,19,20)/b11-7+. The minimum atomic E-state index is -0.880. The van der Waals surface area contributed by atoms with E-state index < -0.39 is 5.97 Å². The molecule has 0 unspecified atom stereocenters. The number of carbonyl (C=O) groups is 1. The average Bonchev–Trinajstić information content (AvgIpc) is 2.92. The molecule has 20 heavy (non-hydrogen) atoms. The van der Waals surface area contributed by atoms with Crippen LogP contribution in [-0.2, 0) is 11.2 Å². The number of aryl methyl sites for hydroxylation is 1. The first-order chi connectivity index (χ1) is 9.75. The van der Waals surface area contributed by atoms with Gasteiger partial charge < -0.3 is 5.11 Å². The Balaban J connectivity index is 1.78. The molecule has 0 saturated heterocycles. The van der Waals surface area contributed by atoms with Crippen molar-refractivity contribution in [2.24, 2.45) is 0 Å². The Bertz CT molecular complexity index is 573. The molecule has 104 valence electrons. The van der Waals surface area contributed by atoms with Crippen LogP contribution in [0.5, 0.6) is 0 Å². The van der Waals surface area contributed by atoms with Crippen LogP contribution in [0.4, 0.5) is 0 Å². The van der Waals surface area contributed by atoms with E-state index in [9.17, 15) is 4.79 Å². The fourth-order valence-corrected chi connectivity index (χ4v) is 1.99. The third kappa shape index (κ3) is 4.39. The SMILES string of the molecule is O=C(O)/C=C/CCCCc1cnn(-c2ccccc2)c1. The van der Waals surface area contributed by atoms with E-state index in [0.717, 1.165) is 31.4 Å². The molecule has 0 bridgehead atoms. The molecule has 0 amide bonds. The van der Waals surface area contributed by atoms with Crippen molar-refractivity contribution in [1.82, 2.24) is 9.78 Å². The third-order valence-corrected chi connectivity index (χ3v) is 3.00. The molecule has 1 aromatic heterocycles. The monoisotopic (exact) mass is 270 g/mol. The Hall–Kier alpha value is -2.36. The van der Waals surface area contributed by atoms with E-state index in [-0.39, 0.29) is 0 Å². The molecule has 1 aromatic carbocycles. The van der Waals surface area contributed by atoms with E-state index in [2.05, 4.69) is 5.10 Å². The van der Waals surface area contributed by atoms with Crippen LogP contribution in [0, 0.1) is 0 Å². The summed E-state index contributed by atoms with van der Waals surface area (Å²) in [4.78, 5) is 10.3. The van der Waals surface area contributed by atoms with Crippen LogP contribution in [0.1, 0.15) is 24.8 Å². The topological polar surface area (TPSA) is 55.1 Å². The maximum atomic E-state index is 10.3. The highest BCUT2D eigenvalue weighted by Gasteiger charge is 2.00. The van der Waals surface area contributed by atoms with Crippen molar-refractivity contribution in [2.75, 3.05) is 0 Å². The predicted molar refractivity (Wildman–Crippen MR) is 77.9 cm³/mol. The van der Waals surface area contributed by atoms with Crippen molar-refractivity contribution >= 4 is 5.97 Å². The summed E-state index contributed by atoms with van der Waals surface area (Å²) in [6, 6.07) is 10.0. The quantitative estimate of drug-likeness (QED) is 0.620. The van der Waals surface area contributed by atoms with Crippen molar-refractivity contribution in [1.29, 1.82) is 0 Å². The molecule has 4 nitrogen and oxygen atoms in total. The van der Waals surface area contributed by atoms with Crippen LogP contribution in [0.15, 0.2) is 54.9 Å². The van der Waals surface area contributed by atoms with Crippen LogP contribution >= 0.6 is 0 Å².